The number of aromatic amines is 1. The standard InChI is InChI=1S/C54H99N4O7P/c1-8-10-12-14-16-18-20-22-24-26-28-30-32-34-36-39-54(40-37-35-33-31-29-27-25-23-21-19-17-15-13-11-9-2)64-49-48(44-62-66(61-42-38-41-55)58(45(3)4)46(5)6)63-52(50(49)65-54)57-43-47(7)51(59)56-53(57)60/h43,45-46,48-50,52H,8-40,42,44H2,1-7H3,(H,56,59,60)/t48-,49-,50-,52-,66?/m1/s1. The number of unbranched alkanes of at least 4 members (excludes halogenated alkanes) is 28. The molecule has 1 aromatic heterocycles. The van der Waals surface area contributed by atoms with E-state index in [4.69, 9.17) is 23.3 Å². The van der Waals surface area contributed by atoms with Crippen LogP contribution in [0.1, 0.15) is 265 Å². The molecule has 5 atom stereocenters. The number of nitrogens with one attached hydrogen (secondary N) is 1. The van der Waals surface area contributed by atoms with E-state index in [-0.39, 0.29) is 31.7 Å². The molecule has 0 amide bonds. The van der Waals surface area contributed by atoms with Gasteiger partial charge in [0.15, 0.2) is 12.0 Å². The molecule has 0 bridgehead atoms. The van der Waals surface area contributed by atoms with Crippen molar-refractivity contribution in [2.45, 2.75) is 303 Å². The molecule has 1 N–H and O–H groups in total. The molecule has 12 heteroatoms. The Morgan fingerprint density at radius 2 is 1.08 bits per heavy atom. The van der Waals surface area contributed by atoms with Gasteiger partial charge in [-0.3, -0.25) is 14.3 Å². The molecule has 2 aliphatic rings. The van der Waals surface area contributed by atoms with E-state index in [1.165, 1.54) is 172 Å². The Morgan fingerprint density at radius 3 is 1.48 bits per heavy atom. The number of fused-ring (bicyclic) bond motifs is 1. The molecule has 0 saturated carbocycles. The Hall–Kier alpha value is -1.64. The van der Waals surface area contributed by atoms with Gasteiger partial charge in [-0.05, 0) is 47.5 Å². The van der Waals surface area contributed by atoms with E-state index in [9.17, 15) is 14.9 Å². The van der Waals surface area contributed by atoms with Gasteiger partial charge in [0.2, 0.25) is 0 Å². The average molecular weight is 947 g/mol. The molecule has 0 aliphatic carbocycles. The quantitative estimate of drug-likeness (QED) is 0.0503. The summed E-state index contributed by atoms with van der Waals surface area (Å²) < 4.78 is 37.5. The Kier molecular flexibility index (Phi) is 31.5. The summed E-state index contributed by atoms with van der Waals surface area (Å²) in [5, 5.41) is 9.28. The number of hydrogen-bond donors (Lipinski definition) is 1. The first-order valence-electron chi connectivity index (χ1n) is 27.6. The van der Waals surface area contributed by atoms with Gasteiger partial charge in [-0.1, -0.05) is 194 Å². The Labute approximate surface area is 404 Å². The van der Waals surface area contributed by atoms with Crippen LogP contribution in [0.5, 0.6) is 0 Å². The maximum atomic E-state index is 13.4. The highest BCUT2D eigenvalue weighted by Crippen LogP contribution is 2.50. The molecule has 1 aromatic rings. The molecule has 2 fully saturated rings. The number of hydrogen-bond acceptors (Lipinski definition) is 9. The van der Waals surface area contributed by atoms with Crippen LogP contribution in [0.2, 0.25) is 0 Å². The normalized spacial score (nSPS) is 19.7. The highest BCUT2D eigenvalue weighted by molar-refractivity contribution is 7.44. The summed E-state index contributed by atoms with van der Waals surface area (Å²) in [6.07, 6.45) is 40.4. The SMILES string of the molecule is CCCCCCCCCCCCCCCCCC1(CCCCCCCCCCCCCCCCC)O[C@@H]2[C@H](O1)[C@@H](COP(OCCC#N)N(C(C)C)C(C)C)O[C@H]2n1cc(C)c(=O)[nH]c1=O. The van der Waals surface area contributed by atoms with Crippen molar-refractivity contribution in [1.82, 2.24) is 14.2 Å². The van der Waals surface area contributed by atoms with Crippen LogP contribution in [0.25, 0.3) is 0 Å². The molecule has 3 rings (SSSR count). The maximum Gasteiger partial charge on any atom is 0.330 e. The molecule has 11 nitrogen and oxygen atoms in total. The lowest BCUT2D eigenvalue weighted by Gasteiger charge is -2.36. The fourth-order valence-electron chi connectivity index (χ4n) is 9.98. The van der Waals surface area contributed by atoms with E-state index in [0.29, 0.717) is 5.56 Å². The number of aromatic nitrogens is 2. The van der Waals surface area contributed by atoms with Crippen molar-refractivity contribution in [1.29, 1.82) is 5.26 Å². The summed E-state index contributed by atoms with van der Waals surface area (Å²) in [7, 11) is -1.52. The topological polar surface area (TPSA) is 128 Å². The summed E-state index contributed by atoms with van der Waals surface area (Å²) in [6.45, 7) is 15.2. The van der Waals surface area contributed by atoms with Crippen molar-refractivity contribution in [2.24, 2.45) is 0 Å². The Balaban J connectivity index is 1.65. The molecule has 3 heterocycles. The zero-order valence-electron chi connectivity index (χ0n) is 43.4. The molecule has 0 spiro atoms. The largest absolute Gasteiger partial charge is 0.346 e. The van der Waals surface area contributed by atoms with E-state index < -0.39 is 50.1 Å². The highest BCUT2D eigenvalue weighted by atomic mass is 31.2. The van der Waals surface area contributed by atoms with Crippen molar-refractivity contribution in [3.63, 3.8) is 0 Å². The molecule has 382 valence electrons. The first kappa shape index (κ1) is 58.7. The van der Waals surface area contributed by atoms with Crippen molar-refractivity contribution >= 4 is 8.53 Å². The highest BCUT2D eigenvalue weighted by Gasteiger charge is 2.58. The van der Waals surface area contributed by atoms with Crippen molar-refractivity contribution < 1.29 is 23.3 Å². The maximum absolute atomic E-state index is 13.4. The van der Waals surface area contributed by atoms with E-state index in [1.54, 1.807) is 13.1 Å². The van der Waals surface area contributed by atoms with Gasteiger partial charge in [0.05, 0.1) is 25.7 Å². The summed E-state index contributed by atoms with van der Waals surface area (Å²) in [5.74, 6) is -0.792. The predicted molar refractivity (Wildman–Crippen MR) is 273 cm³/mol. The first-order valence-corrected chi connectivity index (χ1v) is 28.7. The fourth-order valence-corrected chi connectivity index (χ4v) is 11.6. The number of nitrogens with zero attached hydrogens (tertiary/aromatic N) is 3. The second-order valence-corrected chi connectivity index (χ2v) is 21.8. The van der Waals surface area contributed by atoms with Crippen LogP contribution in [0, 0.1) is 18.3 Å². The van der Waals surface area contributed by atoms with E-state index in [2.05, 4.69) is 57.3 Å². The van der Waals surface area contributed by atoms with Crippen LogP contribution in [0.3, 0.4) is 0 Å². The number of aryl methyl sites for hydroxylation is 1. The van der Waals surface area contributed by atoms with E-state index >= 15 is 0 Å². The molecule has 2 saturated heterocycles. The molecule has 0 radical (unpaired) electrons. The van der Waals surface area contributed by atoms with Crippen LogP contribution in [0.4, 0.5) is 0 Å². The molecule has 1 unspecified atom stereocenters. The van der Waals surface area contributed by atoms with Gasteiger partial charge < -0.3 is 23.3 Å². The Morgan fingerprint density at radius 1 is 0.667 bits per heavy atom. The predicted octanol–water partition coefficient (Wildman–Crippen LogP) is 15.0. The molecule has 0 aromatic carbocycles. The van der Waals surface area contributed by atoms with Gasteiger partial charge in [0.25, 0.3) is 14.1 Å². The lowest BCUT2D eigenvalue weighted by atomic mass is 9.98. The van der Waals surface area contributed by atoms with Gasteiger partial charge in [0, 0.05) is 36.7 Å². The number of H-pyrrole nitrogens is 1. The van der Waals surface area contributed by atoms with Crippen LogP contribution in [-0.4, -0.2) is 63.6 Å². The third-order valence-corrected chi connectivity index (χ3v) is 15.8. The molecular weight excluding hydrogens is 848 g/mol. The monoisotopic (exact) mass is 947 g/mol. The van der Waals surface area contributed by atoms with Crippen LogP contribution in [-0.2, 0) is 23.3 Å². The second kappa shape index (κ2) is 35.5. The third-order valence-electron chi connectivity index (χ3n) is 13.7. The minimum Gasteiger partial charge on any atom is -0.346 e. The average Bonchev–Trinajstić information content (AvgIpc) is 3.82. The van der Waals surface area contributed by atoms with Gasteiger partial charge in [0.1, 0.15) is 18.3 Å². The minimum absolute atomic E-state index is 0.148. The summed E-state index contributed by atoms with van der Waals surface area (Å²) >= 11 is 0. The zero-order chi connectivity index (χ0) is 47.8. The van der Waals surface area contributed by atoms with Gasteiger partial charge in [-0.2, -0.15) is 5.26 Å². The van der Waals surface area contributed by atoms with Crippen molar-refractivity contribution in [3.8, 4) is 6.07 Å². The van der Waals surface area contributed by atoms with Gasteiger partial charge in [-0.15, -0.1) is 0 Å². The lowest BCUT2D eigenvalue weighted by molar-refractivity contribution is -0.227. The Bertz CT molecular complexity index is 1490. The lowest BCUT2D eigenvalue weighted by Crippen LogP contribution is -2.39. The van der Waals surface area contributed by atoms with Crippen molar-refractivity contribution in [3.05, 3.63) is 32.6 Å². The first-order chi connectivity index (χ1) is 32.1. The second-order valence-electron chi connectivity index (χ2n) is 20.4. The van der Waals surface area contributed by atoms with E-state index in [0.717, 1.165) is 38.5 Å². The minimum atomic E-state index is -1.52. The number of nitriles is 1. The smallest absolute Gasteiger partial charge is 0.330 e. The molecule has 2 aliphatic heterocycles. The molecular formula is C54H99N4O7P. The summed E-state index contributed by atoms with van der Waals surface area (Å²) in [5.41, 5.74) is -0.517. The number of rotatable bonds is 42. The zero-order valence-corrected chi connectivity index (χ0v) is 44.3. The van der Waals surface area contributed by atoms with Crippen LogP contribution < -0.4 is 11.2 Å². The van der Waals surface area contributed by atoms with E-state index in [1.807, 2.05) is 0 Å². The fraction of sp³-hybridized carbons (Fsp3) is 0.907. The van der Waals surface area contributed by atoms with Crippen LogP contribution >= 0.6 is 8.53 Å². The molecule has 66 heavy (non-hydrogen) atoms. The summed E-state index contributed by atoms with van der Waals surface area (Å²) in [4.78, 5) is 28.4. The van der Waals surface area contributed by atoms with Crippen LogP contribution in [0.15, 0.2) is 15.8 Å². The third kappa shape index (κ3) is 22.4. The number of ether oxygens (including phenoxy) is 3. The van der Waals surface area contributed by atoms with Crippen molar-refractivity contribution in [2.75, 3.05) is 13.2 Å². The summed E-state index contributed by atoms with van der Waals surface area (Å²) in [6, 6.07) is 2.48. The van der Waals surface area contributed by atoms with Gasteiger partial charge in [-0.25, -0.2) is 9.46 Å². The van der Waals surface area contributed by atoms with Gasteiger partial charge >= 0.3 is 5.69 Å².